The first-order valence-corrected chi connectivity index (χ1v) is 4.75. The second-order valence-corrected chi connectivity index (χ2v) is 2.84. The SMILES string of the molecule is O=C(OCCOCCO)c1ccccc1. The van der Waals surface area contributed by atoms with E-state index in [1.54, 1.807) is 24.3 Å². The molecule has 0 aliphatic carbocycles. The molecule has 1 rings (SSSR count). The van der Waals surface area contributed by atoms with Crippen LogP contribution in [0.2, 0.25) is 0 Å². The Labute approximate surface area is 88.4 Å². The lowest BCUT2D eigenvalue weighted by Gasteiger charge is -2.04. The van der Waals surface area contributed by atoms with E-state index in [-0.39, 0.29) is 25.8 Å². The monoisotopic (exact) mass is 210 g/mol. The quantitative estimate of drug-likeness (QED) is 0.558. The van der Waals surface area contributed by atoms with Crippen LogP contribution in [0, 0.1) is 0 Å². The molecular formula is C11H14O4. The van der Waals surface area contributed by atoms with E-state index in [1.165, 1.54) is 0 Å². The van der Waals surface area contributed by atoms with Gasteiger partial charge >= 0.3 is 5.97 Å². The molecular weight excluding hydrogens is 196 g/mol. The van der Waals surface area contributed by atoms with Crippen molar-refractivity contribution in [3.63, 3.8) is 0 Å². The molecule has 0 radical (unpaired) electrons. The van der Waals surface area contributed by atoms with Crippen LogP contribution < -0.4 is 0 Å². The lowest BCUT2D eigenvalue weighted by atomic mass is 10.2. The molecule has 0 heterocycles. The molecule has 1 aromatic carbocycles. The fraction of sp³-hybridized carbons (Fsp3) is 0.364. The third-order valence-corrected chi connectivity index (χ3v) is 1.71. The summed E-state index contributed by atoms with van der Waals surface area (Å²) in [7, 11) is 0. The van der Waals surface area contributed by atoms with E-state index < -0.39 is 0 Å². The van der Waals surface area contributed by atoms with Crippen LogP contribution in [-0.4, -0.2) is 37.5 Å². The molecule has 0 atom stereocenters. The molecule has 0 spiro atoms. The molecule has 4 heteroatoms. The van der Waals surface area contributed by atoms with Gasteiger partial charge in [-0.15, -0.1) is 0 Å². The molecule has 0 fully saturated rings. The minimum Gasteiger partial charge on any atom is -0.460 e. The van der Waals surface area contributed by atoms with Gasteiger partial charge in [-0.05, 0) is 12.1 Å². The summed E-state index contributed by atoms with van der Waals surface area (Å²) in [5.74, 6) is -0.358. The third kappa shape index (κ3) is 4.58. The van der Waals surface area contributed by atoms with E-state index in [9.17, 15) is 4.79 Å². The fourth-order valence-corrected chi connectivity index (χ4v) is 1.02. The summed E-state index contributed by atoms with van der Waals surface area (Å²) >= 11 is 0. The Morgan fingerprint density at radius 2 is 1.87 bits per heavy atom. The summed E-state index contributed by atoms with van der Waals surface area (Å²) < 4.78 is 9.87. The van der Waals surface area contributed by atoms with E-state index in [1.807, 2.05) is 6.07 Å². The smallest absolute Gasteiger partial charge is 0.338 e. The number of aliphatic hydroxyl groups is 1. The molecule has 1 N–H and O–H groups in total. The van der Waals surface area contributed by atoms with Crippen LogP contribution in [0.3, 0.4) is 0 Å². The minimum atomic E-state index is -0.358. The average molecular weight is 210 g/mol. The van der Waals surface area contributed by atoms with Crippen molar-refractivity contribution < 1.29 is 19.4 Å². The largest absolute Gasteiger partial charge is 0.460 e. The molecule has 0 unspecified atom stereocenters. The Morgan fingerprint density at radius 3 is 2.53 bits per heavy atom. The van der Waals surface area contributed by atoms with Crippen molar-refractivity contribution in [3.05, 3.63) is 35.9 Å². The number of hydrogen-bond donors (Lipinski definition) is 1. The van der Waals surface area contributed by atoms with Crippen molar-refractivity contribution >= 4 is 5.97 Å². The first-order valence-electron chi connectivity index (χ1n) is 4.75. The highest BCUT2D eigenvalue weighted by molar-refractivity contribution is 5.89. The van der Waals surface area contributed by atoms with Crippen molar-refractivity contribution in [3.8, 4) is 0 Å². The molecule has 0 aliphatic heterocycles. The zero-order valence-corrected chi connectivity index (χ0v) is 8.39. The number of rotatable bonds is 6. The van der Waals surface area contributed by atoms with Crippen molar-refractivity contribution in [1.82, 2.24) is 0 Å². The predicted octanol–water partition coefficient (Wildman–Crippen LogP) is 0.852. The van der Waals surface area contributed by atoms with E-state index in [0.29, 0.717) is 12.2 Å². The summed E-state index contributed by atoms with van der Waals surface area (Å²) in [6, 6.07) is 8.77. The van der Waals surface area contributed by atoms with Gasteiger partial charge in [-0.3, -0.25) is 0 Å². The number of aliphatic hydroxyl groups excluding tert-OH is 1. The number of carbonyl (C=O) groups excluding carboxylic acids is 1. The summed E-state index contributed by atoms with van der Waals surface area (Å²) in [4.78, 5) is 11.4. The minimum absolute atomic E-state index is 0.0212. The maximum Gasteiger partial charge on any atom is 0.338 e. The topological polar surface area (TPSA) is 55.8 Å². The summed E-state index contributed by atoms with van der Waals surface area (Å²) in [6.45, 7) is 0.752. The van der Waals surface area contributed by atoms with E-state index >= 15 is 0 Å². The Bertz CT molecular complexity index is 284. The molecule has 0 aromatic heterocycles. The molecule has 0 saturated carbocycles. The Kier molecular flexibility index (Phi) is 5.43. The van der Waals surface area contributed by atoms with Crippen LogP contribution in [0.5, 0.6) is 0 Å². The fourth-order valence-electron chi connectivity index (χ4n) is 1.02. The first kappa shape index (κ1) is 11.7. The van der Waals surface area contributed by atoms with Gasteiger partial charge in [0, 0.05) is 0 Å². The Balaban J connectivity index is 2.20. The van der Waals surface area contributed by atoms with Gasteiger partial charge in [0.1, 0.15) is 6.61 Å². The van der Waals surface area contributed by atoms with Crippen molar-refractivity contribution in [2.24, 2.45) is 0 Å². The molecule has 0 aliphatic rings. The molecule has 1 aromatic rings. The van der Waals surface area contributed by atoms with E-state index in [0.717, 1.165) is 0 Å². The molecule has 82 valence electrons. The second kappa shape index (κ2) is 6.98. The zero-order chi connectivity index (χ0) is 10.9. The van der Waals surface area contributed by atoms with Gasteiger partial charge in [0.15, 0.2) is 0 Å². The summed E-state index contributed by atoms with van der Waals surface area (Å²) in [5, 5.41) is 8.42. The lowest BCUT2D eigenvalue weighted by Crippen LogP contribution is -2.12. The molecule has 0 saturated heterocycles. The van der Waals surface area contributed by atoms with Crippen molar-refractivity contribution in [2.75, 3.05) is 26.4 Å². The van der Waals surface area contributed by atoms with Gasteiger partial charge in [-0.25, -0.2) is 4.79 Å². The number of ether oxygens (including phenoxy) is 2. The van der Waals surface area contributed by atoms with Crippen LogP contribution in [-0.2, 0) is 9.47 Å². The molecule has 15 heavy (non-hydrogen) atoms. The van der Waals surface area contributed by atoms with Crippen LogP contribution in [0.15, 0.2) is 30.3 Å². The van der Waals surface area contributed by atoms with Gasteiger partial charge in [0.25, 0.3) is 0 Å². The highest BCUT2D eigenvalue weighted by Crippen LogP contribution is 2.00. The maximum atomic E-state index is 11.4. The highest BCUT2D eigenvalue weighted by atomic mass is 16.6. The highest BCUT2D eigenvalue weighted by Gasteiger charge is 2.04. The van der Waals surface area contributed by atoms with Gasteiger partial charge in [0.2, 0.25) is 0 Å². The summed E-state index contributed by atoms with van der Waals surface area (Å²) in [6.07, 6.45) is 0. The summed E-state index contributed by atoms with van der Waals surface area (Å²) in [5.41, 5.74) is 0.527. The van der Waals surface area contributed by atoms with Gasteiger partial charge in [0.05, 0.1) is 25.4 Å². The molecule has 0 amide bonds. The number of carbonyl (C=O) groups is 1. The average Bonchev–Trinajstić information content (AvgIpc) is 2.30. The van der Waals surface area contributed by atoms with E-state index in [4.69, 9.17) is 14.6 Å². The number of benzene rings is 1. The van der Waals surface area contributed by atoms with Crippen LogP contribution in [0.4, 0.5) is 0 Å². The Morgan fingerprint density at radius 1 is 1.13 bits per heavy atom. The van der Waals surface area contributed by atoms with Crippen molar-refractivity contribution in [1.29, 1.82) is 0 Å². The molecule has 4 nitrogen and oxygen atoms in total. The predicted molar refractivity (Wildman–Crippen MR) is 54.6 cm³/mol. The van der Waals surface area contributed by atoms with Crippen molar-refractivity contribution in [2.45, 2.75) is 0 Å². The molecule has 0 bridgehead atoms. The van der Waals surface area contributed by atoms with Gasteiger partial charge < -0.3 is 14.6 Å². The standard InChI is InChI=1S/C11H14O4/c12-6-7-14-8-9-15-11(13)10-4-2-1-3-5-10/h1-5,12H,6-9H2. The zero-order valence-electron chi connectivity index (χ0n) is 8.39. The van der Waals surface area contributed by atoms with Crippen LogP contribution >= 0.6 is 0 Å². The number of esters is 1. The maximum absolute atomic E-state index is 11.4. The Hall–Kier alpha value is -1.39. The first-order chi connectivity index (χ1) is 7.34. The van der Waals surface area contributed by atoms with E-state index in [2.05, 4.69) is 0 Å². The van der Waals surface area contributed by atoms with Gasteiger partial charge in [-0.1, -0.05) is 18.2 Å². The second-order valence-electron chi connectivity index (χ2n) is 2.84. The van der Waals surface area contributed by atoms with Crippen LogP contribution in [0.1, 0.15) is 10.4 Å². The normalized spacial score (nSPS) is 9.93. The lowest BCUT2D eigenvalue weighted by molar-refractivity contribution is 0.0258. The third-order valence-electron chi connectivity index (χ3n) is 1.71. The van der Waals surface area contributed by atoms with Gasteiger partial charge in [-0.2, -0.15) is 0 Å². The van der Waals surface area contributed by atoms with Crippen LogP contribution in [0.25, 0.3) is 0 Å². The number of hydrogen-bond acceptors (Lipinski definition) is 4.